The first-order valence-electron chi connectivity index (χ1n) is 9.22. The summed E-state index contributed by atoms with van der Waals surface area (Å²) in [5.74, 6) is 1.18. The minimum atomic E-state index is 0.0115. The summed E-state index contributed by atoms with van der Waals surface area (Å²) in [7, 11) is 1.78. The summed E-state index contributed by atoms with van der Waals surface area (Å²) in [4.78, 5) is 0. The summed E-state index contributed by atoms with van der Waals surface area (Å²) in [5, 5.41) is 1.24. The van der Waals surface area contributed by atoms with Crippen molar-refractivity contribution in [2.75, 3.05) is 7.11 Å². The van der Waals surface area contributed by atoms with Gasteiger partial charge in [0.1, 0.15) is 12.4 Å². The van der Waals surface area contributed by atoms with Gasteiger partial charge >= 0.3 is 0 Å². The monoisotopic (exact) mass is 404 g/mol. The molecule has 0 aromatic heterocycles. The Labute approximate surface area is 172 Å². The minimum absolute atomic E-state index is 0.0115. The fourth-order valence-corrected chi connectivity index (χ4v) is 4.60. The molecule has 0 spiro atoms. The van der Waals surface area contributed by atoms with Crippen LogP contribution in [0.15, 0.2) is 36.4 Å². The van der Waals surface area contributed by atoms with Gasteiger partial charge in [-0.2, -0.15) is 0 Å². The smallest absolute Gasteiger partial charge is 0.123 e. The number of hydrogen-bond acceptors (Lipinski definition) is 2. The van der Waals surface area contributed by atoms with Crippen LogP contribution in [0, 0.1) is 19.8 Å². The molecule has 4 heteroatoms. The second-order valence-electron chi connectivity index (χ2n) is 7.35. The molecule has 2 aromatic rings. The van der Waals surface area contributed by atoms with Crippen LogP contribution < -0.4 is 4.74 Å². The highest BCUT2D eigenvalue weighted by Gasteiger charge is 2.33. The number of fused-ring (bicyclic) bond motifs is 1. The van der Waals surface area contributed by atoms with Crippen molar-refractivity contribution >= 4 is 23.2 Å². The van der Waals surface area contributed by atoms with Crippen molar-refractivity contribution in [1.29, 1.82) is 0 Å². The summed E-state index contributed by atoms with van der Waals surface area (Å²) in [5.41, 5.74) is 6.95. The number of rotatable bonds is 5. The van der Waals surface area contributed by atoms with Crippen molar-refractivity contribution in [3.8, 4) is 5.75 Å². The van der Waals surface area contributed by atoms with Crippen LogP contribution in [0.1, 0.15) is 47.3 Å². The third kappa shape index (κ3) is 3.89. The lowest BCUT2D eigenvalue weighted by Gasteiger charge is -2.35. The maximum atomic E-state index is 6.29. The standard InChI is InChI=1S/C23H26Cl2O2/c1-13(2)16-9-10-17-14(3)11-21(15(4)22(17)23(16)26-5)27-12-18-19(24)7-6-8-20(18)25/h6-8,11,16,23H,1,9-10,12H2,2-5H3/t16-,23+/m0/s1. The molecule has 0 radical (unpaired) electrons. The molecule has 2 aromatic carbocycles. The summed E-state index contributed by atoms with van der Waals surface area (Å²) >= 11 is 12.6. The van der Waals surface area contributed by atoms with E-state index in [2.05, 4.69) is 33.4 Å². The van der Waals surface area contributed by atoms with Crippen LogP contribution in [-0.4, -0.2) is 7.11 Å². The Morgan fingerprint density at radius 1 is 1.22 bits per heavy atom. The van der Waals surface area contributed by atoms with Crippen molar-refractivity contribution in [3.63, 3.8) is 0 Å². The average molecular weight is 405 g/mol. The largest absolute Gasteiger partial charge is 0.489 e. The second-order valence-corrected chi connectivity index (χ2v) is 8.16. The van der Waals surface area contributed by atoms with Crippen LogP contribution in [0.5, 0.6) is 5.75 Å². The lowest BCUT2D eigenvalue weighted by molar-refractivity contribution is 0.0537. The van der Waals surface area contributed by atoms with Gasteiger partial charge in [0.05, 0.1) is 6.10 Å². The number of benzene rings is 2. The van der Waals surface area contributed by atoms with Crippen molar-refractivity contribution in [2.45, 2.75) is 46.3 Å². The minimum Gasteiger partial charge on any atom is -0.489 e. The predicted octanol–water partition coefficient (Wildman–Crippen LogP) is 7.02. The van der Waals surface area contributed by atoms with Gasteiger partial charge in [0.15, 0.2) is 0 Å². The van der Waals surface area contributed by atoms with Crippen molar-refractivity contribution < 1.29 is 9.47 Å². The lowest BCUT2D eigenvalue weighted by Crippen LogP contribution is -2.25. The molecule has 3 rings (SSSR count). The van der Waals surface area contributed by atoms with E-state index >= 15 is 0 Å². The van der Waals surface area contributed by atoms with E-state index in [1.807, 2.05) is 18.2 Å². The SMILES string of the molecule is C=C(C)[C@@H]1CCc2c(C)cc(OCc3c(Cl)cccc3Cl)c(C)c2[C@@H]1OC. The second kappa shape index (κ2) is 8.26. The molecule has 0 heterocycles. The lowest BCUT2D eigenvalue weighted by atomic mass is 9.75. The fourth-order valence-electron chi connectivity index (χ4n) is 4.09. The third-order valence-corrected chi connectivity index (χ3v) is 6.31. The Bertz CT molecular complexity index is 853. The molecule has 2 nitrogen and oxygen atoms in total. The summed E-state index contributed by atoms with van der Waals surface area (Å²) in [6, 6.07) is 7.61. The van der Waals surface area contributed by atoms with Crippen LogP contribution in [0.2, 0.25) is 10.0 Å². The maximum absolute atomic E-state index is 6.29. The molecule has 0 unspecified atom stereocenters. The third-order valence-electron chi connectivity index (χ3n) is 5.60. The Kier molecular flexibility index (Phi) is 6.20. The van der Waals surface area contributed by atoms with Crippen LogP contribution in [-0.2, 0) is 17.8 Å². The molecule has 0 aliphatic heterocycles. The predicted molar refractivity (Wildman–Crippen MR) is 113 cm³/mol. The van der Waals surface area contributed by atoms with E-state index in [-0.39, 0.29) is 6.10 Å². The van der Waals surface area contributed by atoms with Crippen molar-refractivity contribution in [3.05, 3.63) is 74.3 Å². The highest BCUT2D eigenvalue weighted by Crippen LogP contribution is 2.45. The van der Waals surface area contributed by atoms with Crippen molar-refractivity contribution in [2.24, 2.45) is 5.92 Å². The normalized spacial score (nSPS) is 18.9. The molecule has 0 N–H and O–H groups in total. The van der Waals surface area contributed by atoms with E-state index in [1.54, 1.807) is 7.11 Å². The van der Waals surface area contributed by atoms with E-state index in [1.165, 1.54) is 22.3 Å². The molecule has 0 amide bonds. The first-order chi connectivity index (χ1) is 12.8. The summed E-state index contributed by atoms with van der Waals surface area (Å²) in [6.07, 6.45) is 2.12. The molecule has 0 fully saturated rings. The number of methoxy groups -OCH3 is 1. The van der Waals surface area contributed by atoms with E-state index in [4.69, 9.17) is 32.7 Å². The number of halogens is 2. The zero-order valence-corrected chi connectivity index (χ0v) is 17.9. The Balaban J connectivity index is 1.98. The summed E-state index contributed by atoms with van der Waals surface area (Å²) < 4.78 is 12.1. The Hall–Kier alpha value is -1.48. The highest BCUT2D eigenvalue weighted by atomic mass is 35.5. The van der Waals surface area contributed by atoms with Gasteiger partial charge in [-0.1, -0.05) is 41.4 Å². The molecular formula is C23H26Cl2O2. The number of ether oxygens (including phenoxy) is 2. The first kappa shape index (κ1) is 20.3. The van der Waals surface area contributed by atoms with Gasteiger partial charge < -0.3 is 9.47 Å². The van der Waals surface area contributed by atoms with Gasteiger partial charge in [-0.3, -0.25) is 0 Å². The maximum Gasteiger partial charge on any atom is 0.123 e. The van der Waals surface area contributed by atoms with Crippen LogP contribution in [0.3, 0.4) is 0 Å². The number of aryl methyl sites for hydroxylation is 1. The molecule has 1 aliphatic rings. The summed E-state index contributed by atoms with van der Waals surface area (Å²) in [6.45, 7) is 10.8. The molecule has 1 aliphatic carbocycles. The van der Waals surface area contributed by atoms with Crippen molar-refractivity contribution in [1.82, 2.24) is 0 Å². The quantitative estimate of drug-likeness (QED) is 0.498. The van der Waals surface area contributed by atoms with Gasteiger partial charge in [-0.15, -0.1) is 0 Å². The molecule has 0 bridgehead atoms. The van der Waals surface area contributed by atoms with E-state index in [0.717, 1.165) is 29.7 Å². The average Bonchev–Trinajstić information content (AvgIpc) is 2.63. The Morgan fingerprint density at radius 2 is 1.89 bits per heavy atom. The Morgan fingerprint density at radius 3 is 2.48 bits per heavy atom. The highest BCUT2D eigenvalue weighted by molar-refractivity contribution is 6.35. The van der Waals surface area contributed by atoms with Gasteiger partial charge in [-0.05, 0) is 74.1 Å². The van der Waals surface area contributed by atoms with Gasteiger partial charge in [0.2, 0.25) is 0 Å². The first-order valence-corrected chi connectivity index (χ1v) is 9.97. The van der Waals surface area contributed by atoms with Gasteiger partial charge in [-0.25, -0.2) is 0 Å². The molecule has 0 saturated carbocycles. The van der Waals surface area contributed by atoms with Crippen LogP contribution in [0.4, 0.5) is 0 Å². The fraction of sp³-hybridized carbons (Fsp3) is 0.391. The molecular weight excluding hydrogens is 379 g/mol. The molecule has 27 heavy (non-hydrogen) atoms. The molecule has 144 valence electrons. The zero-order valence-electron chi connectivity index (χ0n) is 16.4. The molecule has 2 atom stereocenters. The van der Waals surface area contributed by atoms with Crippen LogP contribution in [0.25, 0.3) is 0 Å². The van der Waals surface area contributed by atoms with E-state index < -0.39 is 0 Å². The number of hydrogen-bond donors (Lipinski definition) is 0. The topological polar surface area (TPSA) is 18.5 Å². The van der Waals surface area contributed by atoms with Gasteiger partial charge in [0.25, 0.3) is 0 Å². The van der Waals surface area contributed by atoms with E-state index in [9.17, 15) is 0 Å². The zero-order chi connectivity index (χ0) is 19.7. The molecule has 0 saturated heterocycles. The van der Waals surface area contributed by atoms with Gasteiger partial charge in [0, 0.05) is 28.6 Å². The van der Waals surface area contributed by atoms with E-state index in [0.29, 0.717) is 22.6 Å². The van der Waals surface area contributed by atoms with Crippen LogP contribution >= 0.6 is 23.2 Å².